The maximum atomic E-state index is 12.4. The average molecular weight is 323 g/mol. The van der Waals surface area contributed by atoms with E-state index in [0.717, 1.165) is 11.3 Å². The fourth-order valence-electron chi connectivity index (χ4n) is 4.46. The number of ether oxygens (including phenoxy) is 1. The van der Waals surface area contributed by atoms with Gasteiger partial charge >= 0.3 is 0 Å². The molecule has 0 spiro atoms. The molecule has 7 nitrogen and oxygen atoms in total. The third-order valence-corrected chi connectivity index (χ3v) is 5.57. The van der Waals surface area contributed by atoms with Gasteiger partial charge in [0.15, 0.2) is 6.10 Å². The normalized spacial score (nSPS) is 38.7. The molecule has 3 saturated heterocycles. The molecule has 0 radical (unpaired) electrons. The van der Waals surface area contributed by atoms with Crippen LogP contribution in [0.2, 0.25) is 0 Å². The lowest BCUT2D eigenvalue weighted by atomic mass is 9.71. The van der Waals surface area contributed by atoms with Crippen molar-refractivity contribution in [3.63, 3.8) is 0 Å². The first-order valence-electron chi connectivity index (χ1n) is 7.83. The van der Waals surface area contributed by atoms with Crippen LogP contribution in [0, 0.1) is 29.1 Å². The van der Waals surface area contributed by atoms with Crippen LogP contribution >= 0.6 is 0 Å². The molecule has 4 aliphatic heterocycles. The zero-order valence-electron chi connectivity index (χ0n) is 12.7. The van der Waals surface area contributed by atoms with Gasteiger partial charge in [-0.1, -0.05) is 17.3 Å². The lowest BCUT2D eigenvalue weighted by molar-refractivity contribution is -0.141. The van der Waals surface area contributed by atoms with Crippen molar-refractivity contribution >= 4 is 17.5 Å². The minimum absolute atomic E-state index is 0.160. The summed E-state index contributed by atoms with van der Waals surface area (Å²) in [5.74, 6) is -1.43. The SMILES string of the molecule is CN1C(=O)[C@@H]2[C@H]3O[C@@H]([C@@H]4C(c5ccc(C#N)cc5)=NO[C@H]34)[C@H]2C1=O. The highest BCUT2D eigenvalue weighted by atomic mass is 16.7. The van der Waals surface area contributed by atoms with Gasteiger partial charge in [0.1, 0.15) is 6.10 Å². The van der Waals surface area contributed by atoms with Crippen LogP contribution in [0.15, 0.2) is 29.4 Å². The van der Waals surface area contributed by atoms with Crippen molar-refractivity contribution in [3.05, 3.63) is 35.4 Å². The molecule has 0 N–H and O–H groups in total. The molecule has 4 aliphatic rings. The standard InChI is InChI=1S/C17H13N3O4/c1-20-16(21)9-10(17(20)22)14-15-11(13(9)23-14)12(19-24-15)8-4-2-7(6-18)3-5-8/h2-5,9-11,13-15H,1H3/t9-,10-,11-,13+,14+,15-/m0/s1. The minimum Gasteiger partial charge on any atom is -0.389 e. The quantitative estimate of drug-likeness (QED) is 0.693. The van der Waals surface area contributed by atoms with Gasteiger partial charge in [0.05, 0.1) is 41.2 Å². The zero-order chi connectivity index (χ0) is 16.6. The summed E-state index contributed by atoms with van der Waals surface area (Å²) < 4.78 is 5.97. The van der Waals surface area contributed by atoms with Crippen molar-refractivity contribution in [2.75, 3.05) is 7.05 Å². The highest BCUT2D eigenvalue weighted by Gasteiger charge is 2.71. The third-order valence-electron chi connectivity index (χ3n) is 5.57. The van der Waals surface area contributed by atoms with Gasteiger partial charge in [0, 0.05) is 7.05 Å². The topological polar surface area (TPSA) is 92.0 Å². The molecule has 24 heavy (non-hydrogen) atoms. The first-order valence-corrected chi connectivity index (χ1v) is 7.83. The molecule has 1 aromatic carbocycles. The Morgan fingerprint density at radius 3 is 2.38 bits per heavy atom. The molecule has 2 amide bonds. The predicted octanol–water partition coefficient (Wildman–Crippen LogP) is 0.289. The molecule has 6 atom stereocenters. The molecule has 4 heterocycles. The Bertz CT molecular complexity index is 840. The number of likely N-dealkylation sites (tertiary alicyclic amines) is 1. The van der Waals surface area contributed by atoms with Gasteiger partial charge in [-0.25, -0.2) is 0 Å². The van der Waals surface area contributed by atoms with E-state index in [-0.39, 0.29) is 29.9 Å². The number of oxime groups is 1. The number of carbonyl (C=O) groups is 2. The first kappa shape index (κ1) is 13.7. The zero-order valence-corrected chi connectivity index (χ0v) is 12.7. The molecule has 7 heteroatoms. The number of hydrogen-bond acceptors (Lipinski definition) is 6. The van der Waals surface area contributed by atoms with Crippen molar-refractivity contribution in [1.82, 2.24) is 4.90 Å². The van der Waals surface area contributed by atoms with Gasteiger partial charge < -0.3 is 9.57 Å². The van der Waals surface area contributed by atoms with Gasteiger partial charge in [-0.2, -0.15) is 5.26 Å². The van der Waals surface area contributed by atoms with Gasteiger partial charge in [-0.15, -0.1) is 0 Å². The van der Waals surface area contributed by atoms with E-state index < -0.39 is 17.9 Å². The number of hydrogen-bond donors (Lipinski definition) is 0. The van der Waals surface area contributed by atoms with E-state index in [1.807, 2.05) is 12.1 Å². The smallest absolute Gasteiger partial charge is 0.235 e. The van der Waals surface area contributed by atoms with Crippen LogP contribution in [0.1, 0.15) is 11.1 Å². The largest absolute Gasteiger partial charge is 0.389 e. The van der Waals surface area contributed by atoms with Crippen LogP contribution in [0.5, 0.6) is 0 Å². The molecule has 120 valence electrons. The third kappa shape index (κ3) is 1.47. The monoisotopic (exact) mass is 323 g/mol. The maximum absolute atomic E-state index is 12.4. The summed E-state index contributed by atoms with van der Waals surface area (Å²) in [4.78, 5) is 31.5. The molecule has 0 aromatic heterocycles. The Balaban J connectivity index is 1.51. The van der Waals surface area contributed by atoms with Gasteiger partial charge in [-0.05, 0) is 17.7 Å². The summed E-state index contributed by atoms with van der Waals surface area (Å²) >= 11 is 0. The number of fused-ring (bicyclic) bond motifs is 8. The summed E-state index contributed by atoms with van der Waals surface area (Å²) in [6.07, 6.45) is -1.14. The minimum atomic E-state index is -0.454. The lowest BCUT2D eigenvalue weighted by Gasteiger charge is -2.26. The van der Waals surface area contributed by atoms with E-state index in [4.69, 9.17) is 14.8 Å². The van der Waals surface area contributed by atoms with E-state index in [0.29, 0.717) is 5.56 Å². The number of amides is 2. The van der Waals surface area contributed by atoms with Crippen molar-refractivity contribution in [1.29, 1.82) is 5.26 Å². The number of benzene rings is 1. The van der Waals surface area contributed by atoms with Crippen molar-refractivity contribution in [2.45, 2.75) is 18.3 Å². The number of rotatable bonds is 1. The Labute approximate surface area is 137 Å². The molecular formula is C17H13N3O4. The summed E-state index contributed by atoms with van der Waals surface area (Å²) in [5.41, 5.74) is 2.14. The van der Waals surface area contributed by atoms with E-state index in [9.17, 15) is 9.59 Å². The van der Waals surface area contributed by atoms with Crippen LogP contribution in [-0.4, -0.2) is 47.8 Å². The molecule has 0 unspecified atom stereocenters. The Morgan fingerprint density at radius 1 is 1.04 bits per heavy atom. The Kier molecular flexibility index (Phi) is 2.52. The van der Waals surface area contributed by atoms with Crippen LogP contribution in [0.3, 0.4) is 0 Å². The van der Waals surface area contributed by atoms with E-state index in [1.54, 1.807) is 12.1 Å². The van der Waals surface area contributed by atoms with Gasteiger partial charge in [-0.3, -0.25) is 14.5 Å². The second kappa shape index (κ2) is 4.42. The van der Waals surface area contributed by atoms with Crippen molar-refractivity contribution < 1.29 is 19.2 Å². The summed E-state index contributed by atoms with van der Waals surface area (Å²) in [5, 5.41) is 13.1. The second-order valence-corrected chi connectivity index (χ2v) is 6.61. The molecule has 2 bridgehead atoms. The molecule has 5 rings (SSSR count). The van der Waals surface area contributed by atoms with Crippen molar-refractivity contribution in [2.24, 2.45) is 22.9 Å². The fourth-order valence-corrected chi connectivity index (χ4v) is 4.46. The molecule has 0 aliphatic carbocycles. The highest BCUT2D eigenvalue weighted by molar-refractivity contribution is 6.09. The number of nitrogens with zero attached hydrogens (tertiary/aromatic N) is 3. The van der Waals surface area contributed by atoms with Crippen LogP contribution < -0.4 is 0 Å². The van der Waals surface area contributed by atoms with Gasteiger partial charge in [0.25, 0.3) is 0 Å². The number of nitriles is 1. The van der Waals surface area contributed by atoms with E-state index in [1.165, 1.54) is 11.9 Å². The van der Waals surface area contributed by atoms with Crippen LogP contribution in [-0.2, 0) is 19.2 Å². The highest BCUT2D eigenvalue weighted by Crippen LogP contribution is 2.54. The predicted molar refractivity (Wildman–Crippen MR) is 79.5 cm³/mol. The summed E-state index contributed by atoms with van der Waals surface area (Å²) in [7, 11) is 1.52. The summed E-state index contributed by atoms with van der Waals surface area (Å²) in [6, 6.07) is 9.16. The average Bonchev–Trinajstić information content (AvgIpc) is 3.33. The molecule has 0 saturated carbocycles. The molecule has 1 aromatic rings. The second-order valence-electron chi connectivity index (χ2n) is 6.61. The van der Waals surface area contributed by atoms with Gasteiger partial charge in [0.2, 0.25) is 11.8 Å². The summed E-state index contributed by atoms with van der Waals surface area (Å²) in [6.45, 7) is 0. The van der Waals surface area contributed by atoms with Crippen molar-refractivity contribution in [3.8, 4) is 6.07 Å². The maximum Gasteiger partial charge on any atom is 0.235 e. The van der Waals surface area contributed by atoms with E-state index in [2.05, 4.69) is 11.2 Å². The number of imide groups is 1. The Morgan fingerprint density at radius 2 is 1.71 bits per heavy atom. The fraction of sp³-hybridized carbons (Fsp3) is 0.412. The van der Waals surface area contributed by atoms with Crippen LogP contribution in [0.4, 0.5) is 0 Å². The number of carbonyl (C=O) groups excluding carboxylic acids is 2. The molecule has 3 fully saturated rings. The Hall–Kier alpha value is -2.72. The van der Waals surface area contributed by atoms with Crippen LogP contribution in [0.25, 0.3) is 0 Å². The van der Waals surface area contributed by atoms with E-state index >= 15 is 0 Å². The molecular weight excluding hydrogens is 310 g/mol. The lowest BCUT2D eigenvalue weighted by Crippen LogP contribution is -2.45. The first-order chi connectivity index (χ1) is 11.6.